The van der Waals surface area contributed by atoms with Crippen molar-refractivity contribution in [3.63, 3.8) is 0 Å². The summed E-state index contributed by atoms with van der Waals surface area (Å²) in [5.74, 6) is 0.116. The van der Waals surface area contributed by atoms with Gasteiger partial charge in [0, 0.05) is 21.9 Å². The number of nitrogens with one attached hydrogen (secondary N) is 2. The molecular formula is C26H27N3O2S. The highest BCUT2D eigenvalue weighted by Gasteiger charge is 2.43. The predicted octanol–water partition coefficient (Wildman–Crippen LogP) is 5.57. The maximum absolute atomic E-state index is 12.5. The van der Waals surface area contributed by atoms with Crippen molar-refractivity contribution in [2.75, 3.05) is 5.32 Å². The van der Waals surface area contributed by atoms with Gasteiger partial charge in [-0.05, 0) is 68.9 Å². The molecule has 3 aromatic rings. The van der Waals surface area contributed by atoms with E-state index in [1.54, 1.807) is 11.3 Å². The maximum Gasteiger partial charge on any atom is 0.256 e. The van der Waals surface area contributed by atoms with Crippen LogP contribution in [0.3, 0.4) is 0 Å². The second-order valence-corrected chi connectivity index (χ2v) is 9.48. The number of rotatable bonds is 6. The maximum atomic E-state index is 12.5. The average molecular weight is 446 g/mol. The monoisotopic (exact) mass is 445 g/mol. The molecule has 1 saturated carbocycles. The molecule has 164 valence electrons. The van der Waals surface area contributed by atoms with E-state index >= 15 is 0 Å². The highest BCUT2D eigenvalue weighted by molar-refractivity contribution is 7.10. The quantitative estimate of drug-likeness (QED) is 0.385. The van der Waals surface area contributed by atoms with Crippen molar-refractivity contribution in [1.82, 2.24) is 5.43 Å². The Balaban J connectivity index is 1.33. The van der Waals surface area contributed by atoms with Crippen molar-refractivity contribution >= 4 is 34.6 Å². The minimum absolute atomic E-state index is 0.0176. The van der Waals surface area contributed by atoms with Crippen molar-refractivity contribution in [3.05, 3.63) is 86.6 Å². The van der Waals surface area contributed by atoms with E-state index in [4.69, 9.17) is 0 Å². The van der Waals surface area contributed by atoms with E-state index in [-0.39, 0.29) is 23.7 Å². The first kappa shape index (κ1) is 22.0. The molecule has 2 unspecified atom stereocenters. The van der Waals surface area contributed by atoms with Gasteiger partial charge in [-0.2, -0.15) is 5.10 Å². The lowest BCUT2D eigenvalue weighted by Gasteiger charge is -2.07. The molecule has 2 N–H and O–H groups in total. The first-order valence-electron chi connectivity index (χ1n) is 10.7. The number of amides is 2. The van der Waals surface area contributed by atoms with Gasteiger partial charge in [0.05, 0.1) is 11.3 Å². The van der Waals surface area contributed by atoms with E-state index < -0.39 is 0 Å². The van der Waals surface area contributed by atoms with E-state index in [2.05, 4.69) is 47.0 Å². The second kappa shape index (κ2) is 9.09. The van der Waals surface area contributed by atoms with Gasteiger partial charge in [-0.15, -0.1) is 11.3 Å². The first-order valence-corrected chi connectivity index (χ1v) is 11.6. The van der Waals surface area contributed by atoms with E-state index in [1.165, 1.54) is 11.1 Å². The Bertz CT molecular complexity index is 1180. The number of hydrogen-bond acceptors (Lipinski definition) is 4. The smallest absolute Gasteiger partial charge is 0.256 e. The molecule has 1 fully saturated rings. The Hall–Kier alpha value is -3.25. The Morgan fingerprint density at radius 2 is 1.69 bits per heavy atom. The van der Waals surface area contributed by atoms with Gasteiger partial charge < -0.3 is 5.32 Å². The average Bonchev–Trinajstić information content (AvgIpc) is 3.52. The van der Waals surface area contributed by atoms with Gasteiger partial charge in [-0.1, -0.05) is 42.0 Å². The number of carbonyl (C=O) groups is 2. The number of anilines is 1. The summed E-state index contributed by atoms with van der Waals surface area (Å²) in [6.07, 6.45) is 0.862. The highest BCUT2D eigenvalue weighted by Crippen LogP contribution is 2.47. The van der Waals surface area contributed by atoms with Gasteiger partial charge >= 0.3 is 0 Å². The van der Waals surface area contributed by atoms with Crippen LogP contribution in [0, 0.1) is 26.7 Å². The van der Waals surface area contributed by atoms with Crippen LogP contribution in [0.4, 0.5) is 5.69 Å². The molecule has 0 bridgehead atoms. The van der Waals surface area contributed by atoms with Gasteiger partial charge in [0.15, 0.2) is 0 Å². The lowest BCUT2D eigenvalue weighted by Crippen LogP contribution is -2.21. The van der Waals surface area contributed by atoms with Gasteiger partial charge in [-0.25, -0.2) is 5.43 Å². The molecule has 0 radical (unpaired) electrons. The number of hydrogen-bond donors (Lipinski definition) is 2. The Kier molecular flexibility index (Phi) is 6.24. The summed E-state index contributed by atoms with van der Waals surface area (Å²) in [6.45, 7) is 7.89. The van der Waals surface area contributed by atoms with E-state index in [9.17, 15) is 9.59 Å². The zero-order valence-corrected chi connectivity index (χ0v) is 19.5. The third-order valence-corrected chi connectivity index (χ3v) is 7.07. The molecule has 1 aromatic heterocycles. The van der Waals surface area contributed by atoms with Crippen LogP contribution >= 0.6 is 11.3 Å². The van der Waals surface area contributed by atoms with E-state index in [0.29, 0.717) is 11.3 Å². The van der Waals surface area contributed by atoms with Crippen LogP contribution < -0.4 is 10.7 Å². The van der Waals surface area contributed by atoms with Crippen molar-refractivity contribution < 1.29 is 9.59 Å². The summed E-state index contributed by atoms with van der Waals surface area (Å²) in [5.41, 5.74) is 9.19. The van der Waals surface area contributed by atoms with Crippen molar-refractivity contribution in [1.29, 1.82) is 0 Å². The summed E-state index contributed by atoms with van der Waals surface area (Å²) in [6, 6.07) is 15.8. The number of carbonyl (C=O) groups excluding carboxylic acids is 2. The minimum Gasteiger partial charge on any atom is -0.322 e. The molecule has 0 aliphatic heterocycles. The molecule has 2 atom stereocenters. The number of aryl methyl sites for hydroxylation is 2. The second-order valence-electron chi connectivity index (χ2n) is 8.39. The molecule has 0 saturated heterocycles. The minimum atomic E-state index is -0.107. The lowest BCUT2D eigenvalue weighted by atomic mass is 10.1. The fourth-order valence-electron chi connectivity index (χ4n) is 3.68. The van der Waals surface area contributed by atoms with E-state index in [0.717, 1.165) is 28.1 Å². The molecule has 6 heteroatoms. The van der Waals surface area contributed by atoms with Gasteiger partial charge in [0.2, 0.25) is 5.91 Å². The summed E-state index contributed by atoms with van der Waals surface area (Å²) in [5, 5.41) is 9.10. The largest absolute Gasteiger partial charge is 0.322 e. The summed E-state index contributed by atoms with van der Waals surface area (Å²) >= 11 is 1.58. The van der Waals surface area contributed by atoms with Crippen LogP contribution in [-0.4, -0.2) is 17.5 Å². The van der Waals surface area contributed by atoms with Crippen LogP contribution in [0.15, 0.2) is 59.0 Å². The number of hydrazone groups is 1. The van der Waals surface area contributed by atoms with Crippen LogP contribution in [0.25, 0.3) is 0 Å². The fraction of sp³-hybridized carbons (Fsp3) is 0.269. The zero-order chi connectivity index (χ0) is 22.8. The van der Waals surface area contributed by atoms with Gasteiger partial charge in [0.25, 0.3) is 5.91 Å². The molecule has 1 heterocycles. The number of benzene rings is 2. The first-order chi connectivity index (χ1) is 15.3. The number of thiophene rings is 1. The third-order valence-electron chi connectivity index (χ3n) is 6.06. The van der Waals surface area contributed by atoms with Gasteiger partial charge in [0.1, 0.15) is 0 Å². The van der Waals surface area contributed by atoms with Crippen LogP contribution in [0.2, 0.25) is 0 Å². The Morgan fingerprint density at radius 1 is 1.00 bits per heavy atom. The molecule has 4 rings (SSSR count). The van der Waals surface area contributed by atoms with Crippen molar-refractivity contribution in [2.24, 2.45) is 11.0 Å². The Morgan fingerprint density at radius 3 is 2.31 bits per heavy atom. The summed E-state index contributed by atoms with van der Waals surface area (Å²) in [7, 11) is 0. The molecule has 2 amide bonds. The van der Waals surface area contributed by atoms with Crippen molar-refractivity contribution in [3.8, 4) is 0 Å². The molecule has 1 aliphatic carbocycles. The van der Waals surface area contributed by atoms with Crippen molar-refractivity contribution in [2.45, 2.75) is 40.0 Å². The molecule has 0 spiro atoms. The summed E-state index contributed by atoms with van der Waals surface area (Å²) in [4.78, 5) is 26.1. The third kappa shape index (κ3) is 4.81. The molecule has 32 heavy (non-hydrogen) atoms. The number of nitrogens with zero attached hydrogens (tertiary/aromatic N) is 1. The van der Waals surface area contributed by atoms with E-state index in [1.807, 2.05) is 50.4 Å². The predicted molar refractivity (Wildman–Crippen MR) is 131 cm³/mol. The molecule has 2 aromatic carbocycles. The summed E-state index contributed by atoms with van der Waals surface area (Å²) < 4.78 is 0. The molecule has 5 nitrogen and oxygen atoms in total. The van der Waals surface area contributed by atoms with Crippen LogP contribution in [-0.2, 0) is 4.79 Å². The van der Waals surface area contributed by atoms with Crippen LogP contribution in [0.1, 0.15) is 56.8 Å². The highest BCUT2D eigenvalue weighted by atomic mass is 32.1. The zero-order valence-electron chi connectivity index (χ0n) is 18.7. The Labute approximate surface area is 192 Å². The fourth-order valence-corrected chi connectivity index (χ4v) is 4.55. The molecule has 1 aliphatic rings. The standard InChI is InChI=1S/C26H27N3O2S/c1-15-5-7-20(8-6-15)22-13-23(22)26(31)29-28-17(3)19-9-11-21(12-10-19)27-25(30)24-14-32-18(4)16(24)2/h5-12,14,22-23H,13H2,1-4H3,(H,27,30)(H,29,31)/b28-17+. The topological polar surface area (TPSA) is 70.6 Å². The lowest BCUT2D eigenvalue weighted by molar-refractivity contribution is -0.122. The van der Waals surface area contributed by atoms with Gasteiger partial charge in [-0.3, -0.25) is 9.59 Å². The van der Waals surface area contributed by atoms with Crippen LogP contribution in [0.5, 0.6) is 0 Å². The molecular weight excluding hydrogens is 418 g/mol. The SMILES string of the molecule is C/C(=N\NC(=O)C1CC1c1ccc(C)cc1)c1ccc(NC(=O)c2csc(C)c2C)cc1. The normalized spacial score (nSPS) is 17.7.